The highest BCUT2D eigenvalue weighted by molar-refractivity contribution is 6.13. The number of carbonyl (C=O) groups excluding carboxylic acids is 1. The molecule has 158 valence electrons. The number of ether oxygens (including phenoxy) is 3. The van der Waals surface area contributed by atoms with E-state index in [1.54, 1.807) is 30.5 Å². The smallest absolute Gasteiger partial charge is 0.203 e. The lowest BCUT2D eigenvalue weighted by Gasteiger charge is -2.16. The number of ketones is 1. The van der Waals surface area contributed by atoms with Crippen molar-refractivity contribution in [1.82, 2.24) is 0 Å². The molecular formula is C23H25NO6. The van der Waals surface area contributed by atoms with Crippen molar-refractivity contribution in [1.29, 1.82) is 0 Å². The van der Waals surface area contributed by atoms with Crippen LogP contribution >= 0.6 is 0 Å². The van der Waals surface area contributed by atoms with Gasteiger partial charge in [-0.2, -0.15) is 0 Å². The second-order valence-corrected chi connectivity index (χ2v) is 6.48. The number of nitrogens with one attached hydrogen (secondary N) is 1. The largest absolute Gasteiger partial charge is 0.493 e. The molecule has 0 aliphatic carbocycles. The Morgan fingerprint density at radius 1 is 1.03 bits per heavy atom. The molecule has 3 aromatic rings. The van der Waals surface area contributed by atoms with Crippen LogP contribution in [0.5, 0.6) is 17.2 Å². The topological polar surface area (TPSA) is 90.2 Å². The van der Waals surface area contributed by atoms with E-state index in [0.29, 0.717) is 52.8 Å². The Kier molecular flexibility index (Phi) is 6.98. The number of anilines is 1. The number of rotatable bonds is 10. The van der Waals surface area contributed by atoms with Gasteiger partial charge in [-0.3, -0.25) is 4.79 Å². The molecule has 30 heavy (non-hydrogen) atoms. The first-order chi connectivity index (χ1) is 14.6. The molecule has 7 heteroatoms. The second kappa shape index (κ2) is 9.84. The Balaban J connectivity index is 2.07. The first-order valence-corrected chi connectivity index (χ1v) is 9.50. The molecule has 0 radical (unpaired) electrons. The van der Waals surface area contributed by atoms with Crippen LogP contribution in [0.4, 0.5) is 5.69 Å². The number of hydrogen-bond acceptors (Lipinski definition) is 7. The standard InChI is InChI=1S/C23H25NO6/c1-27-20-13-16(14-21(28-2)23(20)29-3)22(26)17-12-15(19-6-4-11-30-19)7-8-18(17)24-9-5-10-25/h4,6-8,11-14,24-25H,5,9-10H2,1-3H3. The van der Waals surface area contributed by atoms with Crippen molar-refractivity contribution in [3.8, 4) is 28.6 Å². The van der Waals surface area contributed by atoms with Crippen molar-refractivity contribution in [2.75, 3.05) is 39.8 Å². The van der Waals surface area contributed by atoms with Crippen LogP contribution < -0.4 is 19.5 Å². The van der Waals surface area contributed by atoms with E-state index in [4.69, 9.17) is 23.7 Å². The quantitative estimate of drug-likeness (QED) is 0.385. The maximum atomic E-state index is 13.5. The van der Waals surface area contributed by atoms with E-state index in [1.807, 2.05) is 18.2 Å². The number of aliphatic hydroxyl groups is 1. The van der Waals surface area contributed by atoms with Crippen LogP contribution in [-0.2, 0) is 0 Å². The maximum Gasteiger partial charge on any atom is 0.203 e. The van der Waals surface area contributed by atoms with Gasteiger partial charge in [-0.05, 0) is 48.9 Å². The fraction of sp³-hybridized carbons (Fsp3) is 0.261. The summed E-state index contributed by atoms with van der Waals surface area (Å²) in [5.74, 6) is 1.67. The van der Waals surface area contributed by atoms with E-state index >= 15 is 0 Å². The zero-order valence-electron chi connectivity index (χ0n) is 17.2. The van der Waals surface area contributed by atoms with Crippen molar-refractivity contribution in [2.45, 2.75) is 6.42 Å². The average Bonchev–Trinajstić information content (AvgIpc) is 3.32. The minimum Gasteiger partial charge on any atom is -0.493 e. The van der Waals surface area contributed by atoms with E-state index in [-0.39, 0.29) is 12.4 Å². The van der Waals surface area contributed by atoms with Crippen LogP contribution in [0, 0.1) is 0 Å². The Labute approximate surface area is 175 Å². The molecule has 0 fully saturated rings. The summed E-state index contributed by atoms with van der Waals surface area (Å²) < 4.78 is 21.6. The molecule has 3 rings (SSSR count). The van der Waals surface area contributed by atoms with E-state index in [1.165, 1.54) is 21.3 Å². The van der Waals surface area contributed by atoms with Gasteiger partial charge in [-0.25, -0.2) is 0 Å². The lowest BCUT2D eigenvalue weighted by atomic mass is 9.97. The van der Waals surface area contributed by atoms with Crippen LogP contribution in [0.2, 0.25) is 0 Å². The molecule has 0 unspecified atom stereocenters. The van der Waals surface area contributed by atoms with Gasteiger partial charge in [-0.1, -0.05) is 0 Å². The Morgan fingerprint density at radius 3 is 2.33 bits per heavy atom. The van der Waals surface area contributed by atoms with E-state index in [9.17, 15) is 4.79 Å². The van der Waals surface area contributed by atoms with Gasteiger partial charge in [0.05, 0.1) is 27.6 Å². The Hall–Kier alpha value is -3.45. The molecule has 0 aliphatic heterocycles. The van der Waals surface area contributed by atoms with Gasteiger partial charge in [-0.15, -0.1) is 0 Å². The SMILES string of the molecule is COc1cc(C(=O)c2cc(-c3ccco3)ccc2NCCCO)cc(OC)c1OC. The number of hydrogen-bond donors (Lipinski definition) is 2. The summed E-state index contributed by atoms with van der Waals surface area (Å²) in [5, 5.41) is 12.3. The molecule has 1 aromatic heterocycles. The summed E-state index contributed by atoms with van der Waals surface area (Å²) >= 11 is 0. The minimum absolute atomic E-state index is 0.0631. The van der Waals surface area contributed by atoms with Gasteiger partial charge < -0.3 is 29.1 Å². The summed E-state index contributed by atoms with van der Waals surface area (Å²) in [6, 6.07) is 12.4. The normalized spacial score (nSPS) is 10.5. The first-order valence-electron chi connectivity index (χ1n) is 9.50. The molecule has 7 nitrogen and oxygen atoms in total. The second-order valence-electron chi connectivity index (χ2n) is 6.48. The van der Waals surface area contributed by atoms with Crippen LogP contribution in [0.15, 0.2) is 53.1 Å². The monoisotopic (exact) mass is 411 g/mol. The predicted octanol–water partition coefficient (Wildman–Crippen LogP) is 4.00. The Bertz CT molecular complexity index is 972. The van der Waals surface area contributed by atoms with Crippen LogP contribution in [0.25, 0.3) is 11.3 Å². The highest BCUT2D eigenvalue weighted by Crippen LogP contribution is 2.39. The Morgan fingerprint density at radius 2 is 1.77 bits per heavy atom. The zero-order valence-corrected chi connectivity index (χ0v) is 17.2. The summed E-state index contributed by atoms with van der Waals surface area (Å²) in [4.78, 5) is 13.5. The zero-order chi connectivity index (χ0) is 21.5. The molecule has 0 saturated carbocycles. The average molecular weight is 411 g/mol. The number of furan rings is 1. The summed E-state index contributed by atoms with van der Waals surface area (Å²) in [6.45, 7) is 0.597. The van der Waals surface area contributed by atoms with Crippen LogP contribution in [0.3, 0.4) is 0 Å². The van der Waals surface area contributed by atoms with Crippen molar-refractivity contribution in [3.05, 3.63) is 59.9 Å². The summed E-state index contributed by atoms with van der Waals surface area (Å²) in [6.07, 6.45) is 2.15. The number of methoxy groups -OCH3 is 3. The highest BCUT2D eigenvalue weighted by atomic mass is 16.5. The van der Waals surface area contributed by atoms with E-state index in [0.717, 1.165) is 5.56 Å². The molecule has 0 bridgehead atoms. The minimum atomic E-state index is -0.214. The number of benzene rings is 2. The van der Waals surface area contributed by atoms with Gasteiger partial charge in [0.25, 0.3) is 0 Å². The first kappa shape index (κ1) is 21.3. The van der Waals surface area contributed by atoms with E-state index < -0.39 is 0 Å². The highest BCUT2D eigenvalue weighted by Gasteiger charge is 2.21. The third-order valence-corrected chi connectivity index (χ3v) is 4.65. The molecule has 2 aromatic carbocycles. The fourth-order valence-electron chi connectivity index (χ4n) is 3.15. The van der Waals surface area contributed by atoms with Gasteiger partial charge >= 0.3 is 0 Å². The predicted molar refractivity (Wildman–Crippen MR) is 114 cm³/mol. The van der Waals surface area contributed by atoms with Crippen molar-refractivity contribution in [2.24, 2.45) is 0 Å². The number of carbonyl (C=O) groups is 1. The van der Waals surface area contributed by atoms with Gasteiger partial charge in [0.15, 0.2) is 17.3 Å². The van der Waals surface area contributed by atoms with Crippen molar-refractivity contribution in [3.63, 3.8) is 0 Å². The maximum absolute atomic E-state index is 13.5. The van der Waals surface area contributed by atoms with E-state index in [2.05, 4.69) is 5.32 Å². The molecule has 2 N–H and O–H groups in total. The van der Waals surface area contributed by atoms with Crippen molar-refractivity contribution < 1.29 is 28.5 Å². The molecule has 1 heterocycles. The lowest BCUT2D eigenvalue weighted by molar-refractivity contribution is 0.103. The summed E-state index contributed by atoms with van der Waals surface area (Å²) in [7, 11) is 4.52. The van der Waals surface area contributed by atoms with Crippen molar-refractivity contribution >= 4 is 11.5 Å². The molecule has 0 spiro atoms. The molecule has 0 aliphatic rings. The third kappa shape index (κ3) is 4.41. The van der Waals surface area contributed by atoms with Gasteiger partial charge in [0.1, 0.15) is 5.76 Å². The molecular weight excluding hydrogens is 386 g/mol. The summed E-state index contributed by atoms with van der Waals surface area (Å²) in [5.41, 5.74) is 2.31. The van der Waals surface area contributed by atoms with Gasteiger partial charge in [0.2, 0.25) is 5.75 Å². The molecule has 0 saturated heterocycles. The lowest BCUT2D eigenvalue weighted by Crippen LogP contribution is -2.11. The van der Waals surface area contributed by atoms with Crippen LogP contribution in [0.1, 0.15) is 22.3 Å². The third-order valence-electron chi connectivity index (χ3n) is 4.65. The molecule has 0 amide bonds. The number of aliphatic hydroxyl groups excluding tert-OH is 1. The van der Waals surface area contributed by atoms with Gasteiger partial charge in [0, 0.05) is 35.5 Å². The molecule has 0 atom stereocenters. The van der Waals surface area contributed by atoms with Crippen LogP contribution in [-0.4, -0.2) is 45.4 Å². The fourth-order valence-corrected chi connectivity index (χ4v) is 3.15.